The molecule has 0 spiro atoms. The lowest BCUT2D eigenvalue weighted by atomic mass is 10.1. The first-order valence-electron chi connectivity index (χ1n) is 6.08. The first kappa shape index (κ1) is 15.5. The highest BCUT2D eigenvalue weighted by Gasteiger charge is 2.12. The molecule has 0 aliphatic rings. The first-order valence-corrected chi connectivity index (χ1v) is 7.82. The maximum Gasteiger partial charge on any atom is 0.123 e. The topological polar surface area (TPSA) is 35.2 Å². The van der Waals surface area contributed by atoms with Gasteiger partial charge >= 0.3 is 0 Å². The van der Waals surface area contributed by atoms with Crippen molar-refractivity contribution < 1.29 is 4.74 Å². The van der Waals surface area contributed by atoms with Crippen LogP contribution in [0.25, 0.3) is 0 Å². The van der Waals surface area contributed by atoms with Crippen LogP contribution >= 0.6 is 35.0 Å². The Kier molecular flexibility index (Phi) is 5.61. The monoisotopic (exact) mass is 327 g/mol. The molecular formula is C15H15Cl2NOS. The molecule has 2 rings (SSSR count). The van der Waals surface area contributed by atoms with Gasteiger partial charge in [-0.05, 0) is 24.3 Å². The molecule has 0 saturated carbocycles. The van der Waals surface area contributed by atoms with Crippen LogP contribution in [0.2, 0.25) is 10.0 Å². The van der Waals surface area contributed by atoms with Crippen LogP contribution in [0.5, 0.6) is 5.75 Å². The second-order valence-corrected chi connectivity index (χ2v) is 6.14. The number of thioether (sulfide) groups is 1. The summed E-state index contributed by atoms with van der Waals surface area (Å²) in [6, 6.07) is 13.0. The molecule has 2 aromatic carbocycles. The van der Waals surface area contributed by atoms with Crippen LogP contribution in [-0.2, 0) is 0 Å². The molecule has 20 heavy (non-hydrogen) atoms. The Labute approximate surface area is 133 Å². The Balaban J connectivity index is 2.08. The van der Waals surface area contributed by atoms with Crippen LogP contribution in [0, 0.1) is 0 Å². The van der Waals surface area contributed by atoms with E-state index in [1.54, 1.807) is 31.0 Å². The van der Waals surface area contributed by atoms with Gasteiger partial charge in [0.25, 0.3) is 0 Å². The molecule has 0 aromatic heterocycles. The number of para-hydroxylation sites is 1. The quantitative estimate of drug-likeness (QED) is 0.801. The average Bonchev–Trinajstić information content (AvgIpc) is 2.47. The van der Waals surface area contributed by atoms with E-state index in [9.17, 15) is 0 Å². The lowest BCUT2D eigenvalue weighted by molar-refractivity contribution is 0.407. The summed E-state index contributed by atoms with van der Waals surface area (Å²) < 4.78 is 5.32. The Morgan fingerprint density at radius 2 is 1.95 bits per heavy atom. The van der Waals surface area contributed by atoms with Gasteiger partial charge in [0.05, 0.1) is 12.1 Å². The average molecular weight is 328 g/mol. The number of benzene rings is 2. The van der Waals surface area contributed by atoms with E-state index >= 15 is 0 Å². The molecular weight excluding hydrogens is 313 g/mol. The number of rotatable bonds is 5. The van der Waals surface area contributed by atoms with Gasteiger partial charge in [-0.15, -0.1) is 11.8 Å². The van der Waals surface area contributed by atoms with Gasteiger partial charge in [0, 0.05) is 27.3 Å². The van der Waals surface area contributed by atoms with Crippen LogP contribution < -0.4 is 10.5 Å². The normalized spacial score (nSPS) is 12.2. The molecule has 2 aromatic rings. The van der Waals surface area contributed by atoms with Crippen molar-refractivity contribution in [2.24, 2.45) is 5.73 Å². The first-order chi connectivity index (χ1) is 9.61. The summed E-state index contributed by atoms with van der Waals surface area (Å²) in [6.45, 7) is 0. The lowest BCUT2D eigenvalue weighted by Crippen LogP contribution is -2.14. The summed E-state index contributed by atoms with van der Waals surface area (Å²) in [7, 11) is 1.65. The van der Waals surface area contributed by atoms with E-state index in [1.807, 2.05) is 30.3 Å². The molecule has 2 nitrogen and oxygen atoms in total. The summed E-state index contributed by atoms with van der Waals surface area (Å²) in [5.41, 5.74) is 7.22. The van der Waals surface area contributed by atoms with Crippen LogP contribution in [0.1, 0.15) is 11.6 Å². The van der Waals surface area contributed by atoms with E-state index in [4.69, 9.17) is 33.7 Å². The number of hydrogen-bond acceptors (Lipinski definition) is 3. The van der Waals surface area contributed by atoms with Crippen molar-refractivity contribution >= 4 is 35.0 Å². The van der Waals surface area contributed by atoms with Crippen LogP contribution in [0.15, 0.2) is 47.4 Å². The lowest BCUT2D eigenvalue weighted by Gasteiger charge is -2.15. The standard InChI is InChI=1S/C15H15Cl2NOS/c1-19-14-5-3-2-4-11(14)13(18)9-20-15-8-10(16)6-7-12(15)17/h2-8,13H,9,18H2,1H3. The predicted octanol–water partition coefficient (Wildman–Crippen LogP) is 4.79. The highest BCUT2D eigenvalue weighted by molar-refractivity contribution is 7.99. The van der Waals surface area contributed by atoms with Gasteiger partial charge in [0.1, 0.15) is 5.75 Å². The van der Waals surface area contributed by atoms with Gasteiger partial charge in [-0.2, -0.15) is 0 Å². The van der Waals surface area contributed by atoms with Gasteiger partial charge in [-0.3, -0.25) is 0 Å². The minimum Gasteiger partial charge on any atom is -0.496 e. The molecule has 1 unspecified atom stereocenters. The van der Waals surface area contributed by atoms with Crippen molar-refractivity contribution in [2.75, 3.05) is 12.9 Å². The van der Waals surface area contributed by atoms with Gasteiger partial charge in [-0.1, -0.05) is 41.4 Å². The summed E-state index contributed by atoms with van der Waals surface area (Å²) in [5, 5.41) is 1.36. The Morgan fingerprint density at radius 3 is 2.70 bits per heavy atom. The molecule has 0 heterocycles. The van der Waals surface area contributed by atoms with Crippen molar-refractivity contribution in [3.05, 3.63) is 58.1 Å². The smallest absolute Gasteiger partial charge is 0.123 e. The number of ether oxygens (including phenoxy) is 1. The fraction of sp³-hybridized carbons (Fsp3) is 0.200. The van der Waals surface area contributed by atoms with E-state index in [1.165, 1.54) is 0 Å². The second-order valence-electron chi connectivity index (χ2n) is 4.23. The van der Waals surface area contributed by atoms with Crippen LogP contribution in [0.4, 0.5) is 0 Å². The molecule has 1 atom stereocenters. The molecule has 0 saturated heterocycles. The van der Waals surface area contributed by atoms with Gasteiger partial charge in [0.15, 0.2) is 0 Å². The molecule has 0 aliphatic heterocycles. The fourth-order valence-electron chi connectivity index (χ4n) is 1.83. The third-order valence-corrected chi connectivity index (χ3v) is 4.70. The molecule has 0 bridgehead atoms. The van der Waals surface area contributed by atoms with Crippen molar-refractivity contribution in [1.82, 2.24) is 0 Å². The molecule has 0 radical (unpaired) electrons. The summed E-state index contributed by atoms with van der Waals surface area (Å²) in [4.78, 5) is 0.935. The third-order valence-electron chi connectivity index (χ3n) is 2.85. The second kappa shape index (κ2) is 7.23. The number of hydrogen-bond donors (Lipinski definition) is 1. The third kappa shape index (κ3) is 3.83. The van der Waals surface area contributed by atoms with Crippen LogP contribution in [-0.4, -0.2) is 12.9 Å². The van der Waals surface area contributed by atoms with Crippen molar-refractivity contribution in [3.63, 3.8) is 0 Å². The SMILES string of the molecule is COc1ccccc1C(N)CSc1cc(Cl)ccc1Cl. The van der Waals surface area contributed by atoms with Gasteiger partial charge < -0.3 is 10.5 Å². The zero-order valence-corrected chi connectivity index (χ0v) is 13.3. The fourth-order valence-corrected chi connectivity index (χ4v) is 3.30. The summed E-state index contributed by atoms with van der Waals surface area (Å²) >= 11 is 13.7. The van der Waals surface area contributed by atoms with Gasteiger partial charge in [0.2, 0.25) is 0 Å². The summed E-state index contributed by atoms with van der Waals surface area (Å²) in [5.74, 6) is 1.50. The van der Waals surface area contributed by atoms with E-state index in [0.717, 1.165) is 16.2 Å². The van der Waals surface area contributed by atoms with Crippen molar-refractivity contribution in [2.45, 2.75) is 10.9 Å². The minimum absolute atomic E-state index is 0.133. The van der Waals surface area contributed by atoms with Crippen LogP contribution in [0.3, 0.4) is 0 Å². The minimum atomic E-state index is -0.133. The molecule has 0 amide bonds. The Morgan fingerprint density at radius 1 is 1.20 bits per heavy atom. The molecule has 2 N–H and O–H groups in total. The number of methoxy groups -OCH3 is 1. The Hall–Kier alpha value is -0.870. The molecule has 5 heteroatoms. The Bertz CT molecular complexity index is 592. The van der Waals surface area contributed by atoms with E-state index in [0.29, 0.717) is 15.8 Å². The molecule has 106 valence electrons. The molecule has 0 fully saturated rings. The molecule has 0 aliphatic carbocycles. The van der Waals surface area contributed by atoms with Gasteiger partial charge in [-0.25, -0.2) is 0 Å². The number of nitrogens with two attached hydrogens (primary N) is 1. The van der Waals surface area contributed by atoms with Crippen molar-refractivity contribution in [3.8, 4) is 5.75 Å². The highest BCUT2D eigenvalue weighted by atomic mass is 35.5. The van der Waals surface area contributed by atoms with E-state index < -0.39 is 0 Å². The number of halogens is 2. The highest BCUT2D eigenvalue weighted by Crippen LogP contribution is 2.33. The zero-order chi connectivity index (χ0) is 14.5. The van der Waals surface area contributed by atoms with E-state index in [2.05, 4.69) is 0 Å². The zero-order valence-electron chi connectivity index (χ0n) is 11.0. The maximum absolute atomic E-state index is 6.23. The largest absolute Gasteiger partial charge is 0.496 e. The summed E-state index contributed by atoms with van der Waals surface area (Å²) in [6.07, 6.45) is 0. The predicted molar refractivity (Wildman–Crippen MR) is 87.1 cm³/mol. The van der Waals surface area contributed by atoms with E-state index in [-0.39, 0.29) is 6.04 Å². The maximum atomic E-state index is 6.23. The van der Waals surface area contributed by atoms with Crippen molar-refractivity contribution in [1.29, 1.82) is 0 Å².